The molecule has 0 spiro atoms. The van der Waals surface area contributed by atoms with Gasteiger partial charge in [-0.15, -0.1) is 0 Å². The van der Waals surface area contributed by atoms with Gasteiger partial charge in [0.2, 0.25) is 5.78 Å². The second kappa shape index (κ2) is 19.1. The number of aliphatic hydroxyl groups is 2. The number of phenolic OH excluding ortho intramolecular Hbond substituents is 1. The molecule has 1 aromatic carbocycles. The minimum Gasteiger partial charge on any atom is -0.632 e. The molecule has 4 aliphatic heterocycles. The molecule has 0 unspecified atom stereocenters. The zero-order chi connectivity index (χ0) is 47.0. The lowest BCUT2D eigenvalue weighted by Gasteiger charge is -2.51. The van der Waals surface area contributed by atoms with E-state index in [4.69, 9.17) is 18.9 Å². The largest absolute Gasteiger partial charge is 0.632 e. The summed E-state index contributed by atoms with van der Waals surface area (Å²) in [6.45, 7) is 13.4. The first-order chi connectivity index (χ1) is 30.1. The maximum atomic E-state index is 14.8. The summed E-state index contributed by atoms with van der Waals surface area (Å²) in [5.41, 5.74) is -2.05. The quantitative estimate of drug-likeness (QED) is 0.137. The second-order valence-corrected chi connectivity index (χ2v) is 18.1. The van der Waals surface area contributed by atoms with Crippen molar-refractivity contribution >= 4 is 35.4 Å². The molecule has 4 heterocycles. The van der Waals surface area contributed by atoms with Crippen molar-refractivity contribution in [1.29, 1.82) is 0 Å². The van der Waals surface area contributed by atoms with Gasteiger partial charge in [0.25, 0.3) is 11.7 Å². The molecule has 17 heteroatoms. The Hall–Kier alpha value is -5.20. The van der Waals surface area contributed by atoms with Crippen molar-refractivity contribution in [1.82, 2.24) is 10.3 Å². The fourth-order valence-electron chi connectivity index (χ4n) is 9.63. The van der Waals surface area contributed by atoms with Gasteiger partial charge >= 0.3 is 11.8 Å². The third kappa shape index (κ3) is 9.18. The lowest BCUT2D eigenvalue weighted by atomic mass is 9.78. The highest BCUT2D eigenvalue weighted by Crippen LogP contribution is 2.48. The summed E-state index contributed by atoms with van der Waals surface area (Å²) < 4.78 is 23.2. The highest BCUT2D eigenvalue weighted by molar-refractivity contribution is 6.37. The number of benzene rings is 1. The fourth-order valence-corrected chi connectivity index (χ4v) is 9.63. The molecule has 6 aliphatic rings. The van der Waals surface area contributed by atoms with E-state index in [2.05, 4.69) is 10.4 Å². The number of hydrazone groups is 1. The van der Waals surface area contributed by atoms with Gasteiger partial charge in [-0.3, -0.25) is 29.0 Å². The van der Waals surface area contributed by atoms with Gasteiger partial charge in [0, 0.05) is 55.8 Å². The maximum Gasteiger partial charge on any atom is 0.312 e. The maximum absolute atomic E-state index is 14.8. The summed E-state index contributed by atoms with van der Waals surface area (Å²) >= 11 is 0. The number of nitrogens with one attached hydrogen (secondary N) is 1. The number of quaternary nitrogens is 1. The number of hydroxylamine groups is 3. The van der Waals surface area contributed by atoms with E-state index in [9.17, 15) is 44.5 Å². The molecule has 2 aliphatic carbocycles. The van der Waals surface area contributed by atoms with Gasteiger partial charge in [0.05, 0.1) is 85.3 Å². The van der Waals surface area contributed by atoms with Crippen LogP contribution in [0.2, 0.25) is 0 Å². The molecule has 1 saturated carbocycles. The van der Waals surface area contributed by atoms with E-state index in [-0.39, 0.29) is 64.9 Å². The number of esters is 1. The minimum absolute atomic E-state index is 0.0306. The topological polar surface area (TPSA) is 234 Å². The number of hydrogen-bond acceptors (Lipinski definition) is 15. The Bertz CT molecular complexity index is 2200. The molecule has 9 atom stereocenters. The molecule has 17 nitrogen and oxygen atoms in total. The number of ketones is 3. The smallest absolute Gasteiger partial charge is 0.312 e. The van der Waals surface area contributed by atoms with E-state index in [0.29, 0.717) is 0 Å². The van der Waals surface area contributed by atoms with Crippen LogP contribution in [0.1, 0.15) is 111 Å². The highest BCUT2D eigenvalue weighted by atomic mass is 16.7. The monoisotopic (exact) mass is 890 g/mol. The molecule has 7 rings (SSSR count). The second-order valence-electron chi connectivity index (χ2n) is 18.1. The van der Waals surface area contributed by atoms with Gasteiger partial charge in [-0.05, 0) is 45.6 Å². The van der Waals surface area contributed by atoms with Crippen LogP contribution in [0.3, 0.4) is 0 Å². The Morgan fingerprint density at radius 3 is 2.25 bits per heavy atom. The van der Waals surface area contributed by atoms with Gasteiger partial charge in [0.15, 0.2) is 5.78 Å². The molecule has 5 bridgehead atoms. The van der Waals surface area contributed by atoms with E-state index in [1.54, 1.807) is 44.9 Å². The molecule has 1 saturated heterocycles. The van der Waals surface area contributed by atoms with Crippen LogP contribution in [0.25, 0.3) is 0 Å². The standard InChI is InChI=1S/C47H62N4O13/c1-24-13-12-14-25(2)46(59)49-37-32(23-48-50-18-20-51(60,21-19-50)31-15-10-11-16-31)41(56)34-35(42(37)57)40(55)29(6)44-36(34)45(58)47(8,64-44)62-22-17-33(61-9)26(3)43(63-30(7)52)28(5)39(54)27(4)38(24)53/h12-14,17,22-24,26-28,31,33,38-39,43,53-55H,10-11,15-16,18-21H2,1-9H3,(H,49,59)/b13-12+,22-17+,25-14-,48-23+/t24-,26+,27+,28+,33-,38-,39+,43+,47-/m0/s1. The highest BCUT2D eigenvalue weighted by Gasteiger charge is 2.53. The molecular formula is C47H62N4O13. The fraction of sp³-hybridized carbons (Fsp3) is 0.574. The molecule has 1 aromatic rings. The van der Waals surface area contributed by atoms with E-state index in [1.165, 1.54) is 47.0 Å². The number of rotatable bonds is 5. The first-order valence-corrected chi connectivity index (χ1v) is 22.1. The van der Waals surface area contributed by atoms with Crippen LogP contribution in [0, 0.1) is 35.8 Å². The van der Waals surface area contributed by atoms with Crippen LogP contribution in [0.4, 0.5) is 0 Å². The van der Waals surface area contributed by atoms with Crippen molar-refractivity contribution in [3.63, 3.8) is 0 Å². The average Bonchev–Trinajstić information content (AvgIpc) is 3.91. The number of carbonyl (C=O) groups excluding carboxylic acids is 5. The van der Waals surface area contributed by atoms with Crippen molar-refractivity contribution in [3.8, 4) is 11.5 Å². The van der Waals surface area contributed by atoms with Crippen LogP contribution in [-0.2, 0) is 23.8 Å². The first kappa shape index (κ1) is 48.3. The zero-order valence-corrected chi connectivity index (χ0v) is 38.1. The third-order valence-corrected chi connectivity index (χ3v) is 13.8. The lowest BCUT2D eigenvalue weighted by Crippen LogP contribution is -2.59. The van der Waals surface area contributed by atoms with Gasteiger partial charge in [0.1, 0.15) is 23.3 Å². The number of Topliss-reactive ketones (excluding diaryl/α,β-unsaturated/α-hetero) is 3. The number of ether oxygens (including phenoxy) is 4. The number of aliphatic hydroxyl groups excluding tert-OH is 2. The molecule has 0 aromatic heterocycles. The van der Waals surface area contributed by atoms with Crippen LogP contribution < -0.4 is 10.1 Å². The van der Waals surface area contributed by atoms with Crippen LogP contribution >= 0.6 is 0 Å². The molecular weight excluding hydrogens is 829 g/mol. The van der Waals surface area contributed by atoms with E-state index in [1.807, 2.05) is 0 Å². The average molecular weight is 891 g/mol. The number of piperazine rings is 1. The van der Waals surface area contributed by atoms with E-state index >= 15 is 0 Å². The summed E-state index contributed by atoms with van der Waals surface area (Å²) in [6.07, 6.45) is 8.19. The predicted molar refractivity (Wildman–Crippen MR) is 234 cm³/mol. The number of hydrogen-bond donors (Lipinski definition) is 4. The Morgan fingerprint density at radius 1 is 0.969 bits per heavy atom. The number of amides is 1. The van der Waals surface area contributed by atoms with Gasteiger partial charge < -0.3 is 49.4 Å². The summed E-state index contributed by atoms with van der Waals surface area (Å²) in [5.74, 6) is -9.63. The number of fused-ring (bicyclic) bond motifs is 14. The molecule has 1 amide bonds. The van der Waals surface area contributed by atoms with Crippen molar-refractivity contribution in [2.45, 2.75) is 117 Å². The molecule has 348 valence electrons. The number of carbonyl (C=O) groups is 5. The number of allylic oxidation sites excluding steroid dienone is 4. The van der Waals surface area contributed by atoms with Crippen molar-refractivity contribution in [2.75, 3.05) is 33.3 Å². The van der Waals surface area contributed by atoms with Crippen LogP contribution in [-0.4, -0.2) is 130 Å². The predicted octanol–water partition coefficient (Wildman–Crippen LogP) is 4.56. The number of phenols is 1. The number of nitrogens with zero attached hydrogens (tertiary/aromatic N) is 3. The van der Waals surface area contributed by atoms with Crippen molar-refractivity contribution in [2.24, 2.45) is 28.8 Å². The Balaban J connectivity index is 1.44. The van der Waals surface area contributed by atoms with Crippen LogP contribution in [0.15, 0.2) is 52.5 Å². The molecule has 2 fully saturated rings. The lowest BCUT2D eigenvalue weighted by molar-refractivity contribution is -0.909. The Labute approximate surface area is 373 Å². The summed E-state index contributed by atoms with van der Waals surface area (Å²) in [7, 11) is 1.42. The SMILES string of the molecule is CO[C@H]1/C=C/O[C@@]2(C)Oc3c(C)c(O)c4c(c3C2=O)C(=O)C(/C=N/N2CC[N+]([O-])(C3CCCC3)CC2)=C(NC(=O)/C(C)=C\C=C\[C@H](C)[C@H](O)[C@@H](C)[C@@H](O)[C@@H](C)[C@H](OC(C)=O)[C@@H]1C)C4=O. The Kier molecular flexibility index (Phi) is 14.4. The normalized spacial score (nSPS) is 33.7. The van der Waals surface area contributed by atoms with E-state index < -0.39 is 106 Å². The number of methoxy groups -OCH3 is 1. The number of aromatic hydroxyl groups is 1. The molecule has 0 radical (unpaired) electrons. The Morgan fingerprint density at radius 2 is 1.62 bits per heavy atom. The van der Waals surface area contributed by atoms with Gasteiger partial charge in [-0.25, -0.2) is 0 Å². The van der Waals surface area contributed by atoms with Crippen molar-refractivity contribution < 1.29 is 62.9 Å². The van der Waals surface area contributed by atoms with Gasteiger partial charge in [-0.1, -0.05) is 45.9 Å². The zero-order valence-electron chi connectivity index (χ0n) is 38.1. The molecule has 64 heavy (non-hydrogen) atoms. The summed E-state index contributed by atoms with van der Waals surface area (Å²) in [5, 5.41) is 56.9. The third-order valence-electron chi connectivity index (χ3n) is 13.8. The van der Waals surface area contributed by atoms with Crippen LogP contribution in [0.5, 0.6) is 11.5 Å². The summed E-state index contributed by atoms with van der Waals surface area (Å²) in [4.78, 5) is 70.1. The van der Waals surface area contributed by atoms with Gasteiger partial charge in [-0.2, -0.15) is 5.10 Å². The summed E-state index contributed by atoms with van der Waals surface area (Å²) in [6, 6.07) is 0.0306. The first-order valence-electron chi connectivity index (χ1n) is 22.1. The minimum atomic E-state index is -2.12. The molecule has 4 N–H and O–H groups in total. The van der Waals surface area contributed by atoms with E-state index in [0.717, 1.165) is 38.2 Å². The van der Waals surface area contributed by atoms with Crippen molar-refractivity contribution in [3.05, 3.63) is 74.9 Å².